The van der Waals surface area contributed by atoms with Crippen LogP contribution in [0.2, 0.25) is 0 Å². The number of carbonyl (C=O) groups excluding carboxylic acids is 1. The van der Waals surface area contributed by atoms with Crippen molar-refractivity contribution in [2.45, 2.75) is 33.1 Å². The molecule has 0 atom stereocenters. The van der Waals surface area contributed by atoms with Gasteiger partial charge in [-0.2, -0.15) is 4.58 Å². The van der Waals surface area contributed by atoms with Gasteiger partial charge >= 0.3 is 0 Å². The highest BCUT2D eigenvalue weighted by Gasteiger charge is 2.46. The molecule has 0 radical (unpaired) electrons. The molecule has 0 saturated heterocycles. The molecule has 5 nitrogen and oxygen atoms in total. The zero-order chi connectivity index (χ0) is 23.8. The molecule has 5 heteroatoms. The van der Waals surface area contributed by atoms with Crippen LogP contribution in [0.25, 0.3) is 16.5 Å². The van der Waals surface area contributed by atoms with Gasteiger partial charge in [0, 0.05) is 46.9 Å². The van der Waals surface area contributed by atoms with Crippen molar-refractivity contribution >= 4 is 33.7 Å². The summed E-state index contributed by atoms with van der Waals surface area (Å²) in [6.45, 7) is 8.29. The van der Waals surface area contributed by atoms with E-state index >= 15 is 0 Å². The Balaban J connectivity index is 1.64. The van der Waals surface area contributed by atoms with E-state index in [1.54, 1.807) is 7.11 Å². The van der Waals surface area contributed by atoms with E-state index in [9.17, 15) is 9.90 Å². The molecule has 0 fully saturated rings. The number of allylic oxidation sites excluding steroid dienone is 3. The number of fused-ring (bicyclic) bond motifs is 2. The number of ketones is 1. The fraction of sp³-hybridized carbons (Fsp3) is 0.286. The fourth-order valence-corrected chi connectivity index (χ4v) is 5.33. The average molecular weight is 442 g/mol. The second-order valence-electron chi connectivity index (χ2n) is 9.60. The normalized spacial score (nSPS) is 18.4. The number of rotatable bonds is 3. The first kappa shape index (κ1) is 21.3. The van der Waals surface area contributed by atoms with Crippen LogP contribution in [0.5, 0.6) is 5.75 Å². The summed E-state index contributed by atoms with van der Waals surface area (Å²) in [4.78, 5) is 13.4. The monoisotopic (exact) mass is 441 g/mol. The largest absolute Gasteiger partial charge is 0.506 e. The van der Waals surface area contributed by atoms with Crippen LogP contribution in [-0.2, 0) is 17.3 Å². The Hall–Kier alpha value is -3.60. The second-order valence-corrected chi connectivity index (χ2v) is 9.60. The molecular formula is C28H29N2O3+. The Kier molecular flexibility index (Phi) is 4.47. The molecule has 2 heterocycles. The van der Waals surface area contributed by atoms with E-state index in [0.717, 1.165) is 50.4 Å². The highest BCUT2D eigenvalue weighted by Crippen LogP contribution is 2.45. The van der Waals surface area contributed by atoms with Gasteiger partial charge in [-0.3, -0.25) is 4.79 Å². The lowest BCUT2D eigenvalue weighted by Crippen LogP contribution is -2.30. The van der Waals surface area contributed by atoms with Crippen molar-refractivity contribution in [3.05, 3.63) is 76.2 Å². The number of carbonyl (C=O) groups is 1. The number of methoxy groups -OCH3 is 1. The van der Waals surface area contributed by atoms with Crippen LogP contribution >= 0.6 is 0 Å². The van der Waals surface area contributed by atoms with E-state index in [4.69, 9.17) is 4.74 Å². The number of nitrogens with zero attached hydrogens (tertiary/aromatic N) is 2. The highest BCUT2D eigenvalue weighted by molar-refractivity contribution is 6.41. The minimum atomic E-state index is -0.339. The van der Waals surface area contributed by atoms with Gasteiger partial charge < -0.3 is 14.4 Å². The lowest BCUT2D eigenvalue weighted by molar-refractivity contribution is -0.401. The molecule has 1 aromatic heterocycles. The second kappa shape index (κ2) is 6.95. The van der Waals surface area contributed by atoms with Gasteiger partial charge in [-0.15, -0.1) is 0 Å². The van der Waals surface area contributed by atoms with Gasteiger partial charge in [0.25, 0.3) is 0 Å². The van der Waals surface area contributed by atoms with Crippen LogP contribution in [0.3, 0.4) is 0 Å². The summed E-state index contributed by atoms with van der Waals surface area (Å²) < 4.78 is 9.59. The molecule has 33 heavy (non-hydrogen) atoms. The van der Waals surface area contributed by atoms with Gasteiger partial charge in [0.15, 0.2) is 5.71 Å². The van der Waals surface area contributed by atoms with Crippen molar-refractivity contribution in [2.75, 3.05) is 14.2 Å². The van der Waals surface area contributed by atoms with Crippen molar-refractivity contribution in [1.82, 2.24) is 4.57 Å². The Morgan fingerprint density at radius 1 is 1.12 bits per heavy atom. The number of ether oxygens (including phenoxy) is 1. The van der Waals surface area contributed by atoms with Gasteiger partial charge in [0.05, 0.1) is 23.7 Å². The first-order chi connectivity index (χ1) is 15.6. The van der Waals surface area contributed by atoms with Crippen molar-refractivity contribution < 1.29 is 19.2 Å². The van der Waals surface area contributed by atoms with Crippen molar-refractivity contribution in [3.63, 3.8) is 0 Å². The lowest BCUT2D eigenvalue weighted by atomic mass is 9.77. The highest BCUT2D eigenvalue weighted by atomic mass is 16.5. The van der Waals surface area contributed by atoms with Gasteiger partial charge in [-0.1, -0.05) is 11.6 Å². The van der Waals surface area contributed by atoms with Gasteiger partial charge in [0.1, 0.15) is 18.6 Å². The number of hydrogen-bond acceptors (Lipinski definition) is 3. The number of hydrogen-bond donors (Lipinski definition) is 1. The molecule has 168 valence electrons. The first-order valence-electron chi connectivity index (χ1n) is 11.1. The molecule has 2 aliphatic rings. The number of aliphatic hydroxyl groups is 1. The summed E-state index contributed by atoms with van der Waals surface area (Å²) in [6, 6.07) is 12.2. The first-order valence-corrected chi connectivity index (χ1v) is 11.1. The molecule has 0 spiro atoms. The molecule has 1 aliphatic carbocycles. The molecule has 3 aromatic rings. The molecule has 0 bridgehead atoms. The van der Waals surface area contributed by atoms with Crippen LogP contribution in [0, 0.1) is 13.8 Å². The molecule has 1 N–H and O–H groups in total. The average Bonchev–Trinajstić information content (AvgIpc) is 3.13. The van der Waals surface area contributed by atoms with Crippen LogP contribution < -0.4 is 4.74 Å². The third-order valence-electron chi connectivity index (χ3n) is 7.38. The zero-order valence-electron chi connectivity index (χ0n) is 20.2. The summed E-state index contributed by atoms with van der Waals surface area (Å²) in [5.41, 5.74) is 7.57. The van der Waals surface area contributed by atoms with Crippen molar-refractivity contribution in [1.29, 1.82) is 0 Å². The number of aromatic nitrogens is 1. The standard InChI is InChI=1S/C28H28N2O3/c1-15-8-10-21-18(12-15)24(16(2)29(21)5)25-26(31)19(27(25)32)14-23-28(3,4)20-13-17(33-7)9-11-22(20)30(23)6/h8-14H,1-7H3/p+1. The maximum absolute atomic E-state index is 13.4. The van der Waals surface area contributed by atoms with Gasteiger partial charge in [-0.25, -0.2) is 0 Å². The third kappa shape index (κ3) is 2.78. The number of aliphatic hydroxyl groups excluding tert-OH is 1. The summed E-state index contributed by atoms with van der Waals surface area (Å²) >= 11 is 0. The SMILES string of the molecule is COc1ccc2c(c1)C(C)(C)C(C=C1C(=O)C(c3c(C)n(C)c4ccc(C)cc34)=C1O)=[N+]2C. The Labute approximate surface area is 193 Å². The smallest absolute Gasteiger partial charge is 0.209 e. The predicted octanol–water partition coefficient (Wildman–Crippen LogP) is 5.29. The minimum Gasteiger partial charge on any atom is -0.506 e. The van der Waals surface area contributed by atoms with E-state index in [1.165, 1.54) is 0 Å². The van der Waals surface area contributed by atoms with Crippen molar-refractivity contribution in [2.24, 2.45) is 7.05 Å². The summed E-state index contributed by atoms with van der Waals surface area (Å²) in [5, 5.41) is 12.1. The molecule has 0 amide bonds. The van der Waals surface area contributed by atoms with E-state index in [2.05, 4.69) is 41.2 Å². The number of Topliss-reactive ketones (excluding diaryl/α,β-unsaturated/α-hetero) is 1. The molecule has 1 aliphatic heterocycles. The fourth-order valence-electron chi connectivity index (χ4n) is 5.33. The summed E-state index contributed by atoms with van der Waals surface area (Å²) in [5.74, 6) is 0.757. The maximum atomic E-state index is 13.4. The zero-order valence-corrected chi connectivity index (χ0v) is 20.2. The lowest BCUT2D eigenvalue weighted by Gasteiger charge is -2.23. The summed E-state index contributed by atoms with van der Waals surface area (Å²) in [7, 11) is 5.65. The van der Waals surface area contributed by atoms with E-state index in [0.29, 0.717) is 11.1 Å². The predicted molar refractivity (Wildman–Crippen MR) is 132 cm³/mol. The Morgan fingerprint density at radius 2 is 1.85 bits per heavy atom. The third-order valence-corrected chi connectivity index (χ3v) is 7.38. The van der Waals surface area contributed by atoms with E-state index in [-0.39, 0.29) is 17.0 Å². The van der Waals surface area contributed by atoms with Crippen LogP contribution in [-0.4, -0.2) is 39.9 Å². The van der Waals surface area contributed by atoms with Crippen LogP contribution in [0.1, 0.15) is 36.2 Å². The number of benzene rings is 2. The maximum Gasteiger partial charge on any atom is 0.209 e. The molecule has 2 aromatic carbocycles. The molecule has 0 unspecified atom stereocenters. The Bertz CT molecular complexity index is 1480. The minimum absolute atomic E-state index is 0.0716. The van der Waals surface area contributed by atoms with Gasteiger partial charge in [-0.05, 0) is 52.0 Å². The van der Waals surface area contributed by atoms with E-state index < -0.39 is 0 Å². The Morgan fingerprint density at radius 3 is 2.52 bits per heavy atom. The molecule has 0 saturated carbocycles. The quantitative estimate of drug-likeness (QED) is 0.444. The van der Waals surface area contributed by atoms with E-state index in [1.807, 2.05) is 52.2 Å². The molecular weight excluding hydrogens is 412 g/mol. The summed E-state index contributed by atoms with van der Waals surface area (Å²) in [6.07, 6.45) is 1.85. The molecule has 5 rings (SSSR count). The topological polar surface area (TPSA) is 54.5 Å². The van der Waals surface area contributed by atoms with Gasteiger partial charge in [0.2, 0.25) is 11.5 Å². The van der Waals surface area contributed by atoms with Crippen molar-refractivity contribution in [3.8, 4) is 5.75 Å². The van der Waals surface area contributed by atoms with Crippen LogP contribution in [0.15, 0.2) is 53.8 Å². The van der Waals surface area contributed by atoms with Crippen LogP contribution in [0.4, 0.5) is 5.69 Å². The number of aryl methyl sites for hydroxylation is 2.